The molecule has 0 radical (unpaired) electrons. The van der Waals surface area contributed by atoms with Gasteiger partial charge in [0.25, 0.3) is 5.56 Å². The molecule has 0 saturated carbocycles. The van der Waals surface area contributed by atoms with E-state index in [1.54, 1.807) is 9.36 Å². The summed E-state index contributed by atoms with van der Waals surface area (Å²) in [6.07, 6.45) is 1.83. The summed E-state index contributed by atoms with van der Waals surface area (Å²) < 4.78 is 5.26. The van der Waals surface area contributed by atoms with Crippen molar-refractivity contribution < 1.29 is 0 Å². The molecule has 0 N–H and O–H groups in total. The Kier molecular flexibility index (Phi) is 7.74. The van der Waals surface area contributed by atoms with Gasteiger partial charge in [0, 0.05) is 31.2 Å². The number of aromatic nitrogens is 3. The van der Waals surface area contributed by atoms with Crippen LogP contribution in [0, 0.1) is 13.8 Å². The van der Waals surface area contributed by atoms with Gasteiger partial charge >= 0.3 is 0 Å². The van der Waals surface area contributed by atoms with Crippen LogP contribution in [0.5, 0.6) is 0 Å². The summed E-state index contributed by atoms with van der Waals surface area (Å²) in [5.74, 6) is 0. The molecule has 0 unspecified atom stereocenters. The molecule has 0 saturated heterocycles. The topological polar surface area (TPSA) is 59.8 Å². The Morgan fingerprint density at radius 3 is 2.26 bits per heavy atom. The van der Waals surface area contributed by atoms with Crippen molar-refractivity contribution in [2.24, 2.45) is 17.1 Å². The van der Waals surface area contributed by atoms with E-state index in [1.807, 2.05) is 73.6 Å². The van der Waals surface area contributed by atoms with Crippen molar-refractivity contribution in [3.05, 3.63) is 128 Å². The molecule has 0 bridgehead atoms. The third-order valence-corrected chi connectivity index (χ3v) is 7.69. The lowest BCUT2D eigenvalue weighted by Crippen LogP contribution is -2.21. The lowest BCUT2D eigenvalue weighted by atomic mass is 10.1. The monoisotopic (exact) mass is 536 g/mol. The fourth-order valence-corrected chi connectivity index (χ4v) is 5.28. The molecule has 198 valence electrons. The number of hydrogen-bond donors (Lipinski definition) is 0. The van der Waals surface area contributed by atoms with Gasteiger partial charge in [0.2, 0.25) is 4.80 Å². The van der Waals surface area contributed by atoms with Crippen molar-refractivity contribution in [1.29, 1.82) is 0 Å². The van der Waals surface area contributed by atoms with Crippen molar-refractivity contribution in [2.75, 3.05) is 11.4 Å². The van der Waals surface area contributed by atoms with E-state index in [1.165, 1.54) is 22.6 Å². The highest BCUT2D eigenvalue weighted by molar-refractivity contribution is 7.07. The third-order valence-electron chi connectivity index (χ3n) is 6.76. The number of benzene rings is 3. The van der Waals surface area contributed by atoms with Crippen LogP contribution in [0.3, 0.4) is 0 Å². The molecule has 7 nitrogen and oxygen atoms in total. The zero-order valence-corrected chi connectivity index (χ0v) is 23.5. The van der Waals surface area contributed by atoms with Gasteiger partial charge in [-0.3, -0.25) is 9.48 Å². The second kappa shape index (κ2) is 11.5. The number of nitrogens with zero attached hydrogens (tertiary/aromatic N) is 6. The summed E-state index contributed by atoms with van der Waals surface area (Å²) in [5, 5.41) is 6.72. The van der Waals surface area contributed by atoms with E-state index >= 15 is 0 Å². The summed E-state index contributed by atoms with van der Waals surface area (Å²) in [6.45, 7) is 7.85. The van der Waals surface area contributed by atoms with E-state index in [9.17, 15) is 4.79 Å². The molecule has 5 aromatic rings. The smallest absolute Gasteiger partial charge is 0.297 e. The van der Waals surface area contributed by atoms with Crippen molar-refractivity contribution in [3.8, 4) is 5.69 Å². The lowest BCUT2D eigenvalue weighted by Gasteiger charge is -2.23. The first kappa shape index (κ1) is 26.2. The normalized spacial score (nSPS) is 11.9. The molecular formula is C31H32N6OS. The minimum atomic E-state index is -0.158. The van der Waals surface area contributed by atoms with Gasteiger partial charge < -0.3 is 4.90 Å². The minimum absolute atomic E-state index is 0.158. The van der Waals surface area contributed by atoms with E-state index in [0.717, 1.165) is 35.7 Å². The van der Waals surface area contributed by atoms with Crippen LogP contribution in [0.25, 0.3) is 5.69 Å². The fraction of sp³-hybridized carbons (Fsp3) is 0.194. The van der Waals surface area contributed by atoms with Gasteiger partial charge in [0.15, 0.2) is 5.69 Å². The van der Waals surface area contributed by atoms with Crippen LogP contribution < -0.4 is 15.3 Å². The van der Waals surface area contributed by atoms with Gasteiger partial charge in [-0.25, -0.2) is 14.4 Å². The maximum absolute atomic E-state index is 13.3. The standard InChI is InChI=1S/C31H32N6OS/c1-5-35(21-26-12-8-6-9-13-26)27-18-16-25(17-19-27)20-32-36-23(2)22-39-31(36)33-29-24(3)34(4)37(30(29)38)28-14-10-7-11-15-28/h6-20,22H,5,21H2,1-4H3. The van der Waals surface area contributed by atoms with Crippen LogP contribution in [0.1, 0.15) is 29.4 Å². The molecule has 0 amide bonds. The molecule has 39 heavy (non-hydrogen) atoms. The fourth-order valence-electron chi connectivity index (χ4n) is 4.47. The molecule has 0 aliphatic carbocycles. The molecule has 0 spiro atoms. The zero-order valence-electron chi connectivity index (χ0n) is 22.7. The predicted molar refractivity (Wildman–Crippen MR) is 161 cm³/mol. The Morgan fingerprint density at radius 1 is 0.923 bits per heavy atom. The Labute approximate surface area is 232 Å². The van der Waals surface area contributed by atoms with Gasteiger partial charge in [-0.05, 0) is 56.2 Å². The number of para-hydroxylation sites is 1. The van der Waals surface area contributed by atoms with Gasteiger partial charge in [-0.1, -0.05) is 60.7 Å². The zero-order chi connectivity index (χ0) is 27.4. The Bertz CT molecular complexity index is 1710. The van der Waals surface area contributed by atoms with Crippen molar-refractivity contribution in [3.63, 3.8) is 0 Å². The van der Waals surface area contributed by atoms with Gasteiger partial charge in [-0.2, -0.15) is 5.10 Å². The molecule has 0 aliphatic heterocycles. The molecule has 5 rings (SSSR count). The van der Waals surface area contributed by atoms with E-state index in [-0.39, 0.29) is 5.56 Å². The maximum Gasteiger partial charge on any atom is 0.297 e. The van der Waals surface area contributed by atoms with Crippen LogP contribution in [0.2, 0.25) is 0 Å². The van der Waals surface area contributed by atoms with Crippen molar-refractivity contribution in [1.82, 2.24) is 14.0 Å². The Balaban J connectivity index is 1.42. The highest BCUT2D eigenvalue weighted by atomic mass is 32.1. The van der Waals surface area contributed by atoms with Crippen LogP contribution in [0.15, 0.2) is 105 Å². The number of aryl methyl sites for hydroxylation is 1. The van der Waals surface area contributed by atoms with Crippen LogP contribution in [0.4, 0.5) is 11.4 Å². The quantitative estimate of drug-likeness (QED) is 0.236. The van der Waals surface area contributed by atoms with E-state index in [2.05, 4.69) is 60.4 Å². The van der Waals surface area contributed by atoms with E-state index < -0.39 is 0 Å². The average molecular weight is 537 g/mol. The van der Waals surface area contributed by atoms with Gasteiger partial charge in [-0.15, -0.1) is 11.3 Å². The van der Waals surface area contributed by atoms with Crippen molar-refractivity contribution in [2.45, 2.75) is 27.3 Å². The second-order valence-electron chi connectivity index (χ2n) is 9.33. The Hall–Kier alpha value is -4.43. The molecule has 0 aliphatic rings. The number of thiazole rings is 1. The molecule has 3 aromatic carbocycles. The SMILES string of the molecule is CCN(Cc1ccccc1)c1ccc(C=Nn2c(C)csc2=Nc2c(C)n(C)n(-c3ccccc3)c2=O)cc1. The summed E-state index contributed by atoms with van der Waals surface area (Å²) in [5.41, 5.74) is 6.24. The molecule has 8 heteroatoms. The molecule has 0 fully saturated rings. The number of hydrogen-bond acceptors (Lipinski definition) is 5. The van der Waals surface area contributed by atoms with Crippen LogP contribution in [-0.4, -0.2) is 26.8 Å². The van der Waals surface area contributed by atoms with Gasteiger partial charge in [0.05, 0.1) is 23.3 Å². The first-order valence-corrected chi connectivity index (χ1v) is 13.8. The average Bonchev–Trinajstić information content (AvgIpc) is 3.42. The molecule has 2 aromatic heterocycles. The maximum atomic E-state index is 13.3. The summed E-state index contributed by atoms with van der Waals surface area (Å²) >= 11 is 1.46. The number of anilines is 1. The highest BCUT2D eigenvalue weighted by Crippen LogP contribution is 2.19. The largest absolute Gasteiger partial charge is 0.367 e. The first-order chi connectivity index (χ1) is 19.0. The van der Waals surface area contributed by atoms with E-state index in [0.29, 0.717) is 10.5 Å². The molecule has 0 atom stereocenters. The summed E-state index contributed by atoms with van der Waals surface area (Å²) in [4.78, 5) is 21.1. The van der Waals surface area contributed by atoms with Crippen molar-refractivity contribution >= 4 is 28.9 Å². The first-order valence-electron chi connectivity index (χ1n) is 13.0. The van der Waals surface area contributed by atoms with Crippen LogP contribution >= 0.6 is 11.3 Å². The Morgan fingerprint density at radius 2 is 1.59 bits per heavy atom. The minimum Gasteiger partial charge on any atom is -0.367 e. The second-order valence-corrected chi connectivity index (χ2v) is 10.2. The lowest BCUT2D eigenvalue weighted by molar-refractivity contribution is 0.630. The number of rotatable bonds is 8. The molecule has 2 heterocycles. The highest BCUT2D eigenvalue weighted by Gasteiger charge is 2.16. The van der Waals surface area contributed by atoms with E-state index in [4.69, 9.17) is 10.1 Å². The predicted octanol–water partition coefficient (Wildman–Crippen LogP) is 5.80. The summed E-state index contributed by atoms with van der Waals surface area (Å²) in [7, 11) is 1.87. The van der Waals surface area contributed by atoms with Gasteiger partial charge in [0.1, 0.15) is 0 Å². The van der Waals surface area contributed by atoms with Crippen LogP contribution in [-0.2, 0) is 13.6 Å². The third kappa shape index (κ3) is 5.56. The summed E-state index contributed by atoms with van der Waals surface area (Å²) in [6, 6.07) is 28.5. The molecular weight excluding hydrogens is 504 g/mol.